The Balaban J connectivity index is 2.04. The van der Waals surface area contributed by atoms with E-state index in [0.29, 0.717) is 25.1 Å². The Bertz CT molecular complexity index is 680. The van der Waals surface area contributed by atoms with Crippen LogP contribution in [0.5, 0.6) is 0 Å². The van der Waals surface area contributed by atoms with Crippen LogP contribution in [0.1, 0.15) is 42.6 Å². The third kappa shape index (κ3) is 4.78. The normalized spacial score (nSPS) is 17.1. The van der Waals surface area contributed by atoms with Crippen LogP contribution in [0.3, 0.4) is 0 Å². The van der Waals surface area contributed by atoms with E-state index < -0.39 is 16.0 Å². The van der Waals surface area contributed by atoms with Crippen LogP contribution in [0.15, 0.2) is 23.1 Å². The van der Waals surface area contributed by atoms with Gasteiger partial charge in [-0.2, -0.15) is 0 Å². The van der Waals surface area contributed by atoms with E-state index in [1.807, 2.05) is 6.92 Å². The van der Waals surface area contributed by atoms with E-state index in [2.05, 4.69) is 16.5 Å². The third-order valence-electron chi connectivity index (χ3n) is 4.58. The molecular formula is C17H26N2O4S. The number of rotatable bonds is 7. The predicted octanol–water partition coefficient (Wildman–Crippen LogP) is 1.96. The Kier molecular flexibility index (Phi) is 6.37. The van der Waals surface area contributed by atoms with Gasteiger partial charge in [0.2, 0.25) is 10.0 Å². The Morgan fingerprint density at radius 2 is 2.00 bits per heavy atom. The third-order valence-corrected chi connectivity index (χ3v) is 6.12. The van der Waals surface area contributed by atoms with Crippen molar-refractivity contribution in [3.8, 4) is 0 Å². The molecular weight excluding hydrogens is 328 g/mol. The predicted molar refractivity (Wildman–Crippen MR) is 92.8 cm³/mol. The summed E-state index contributed by atoms with van der Waals surface area (Å²) >= 11 is 0. The van der Waals surface area contributed by atoms with Gasteiger partial charge in [0.15, 0.2) is 0 Å². The molecule has 0 aliphatic carbocycles. The summed E-state index contributed by atoms with van der Waals surface area (Å²) in [5.74, 6) is -0.389. The largest absolute Gasteiger partial charge is 0.478 e. The second kappa shape index (κ2) is 8.09. The fourth-order valence-electron chi connectivity index (χ4n) is 2.93. The molecule has 0 saturated carbocycles. The highest BCUT2D eigenvalue weighted by Crippen LogP contribution is 2.19. The van der Waals surface area contributed by atoms with Crippen molar-refractivity contribution in [2.75, 3.05) is 26.2 Å². The highest BCUT2D eigenvalue weighted by molar-refractivity contribution is 7.89. The number of aryl methyl sites for hydroxylation is 1. The number of nitrogens with one attached hydrogen (secondary N) is 1. The summed E-state index contributed by atoms with van der Waals surface area (Å²) in [5.41, 5.74) is 0.608. The fraction of sp³-hybridized carbons (Fsp3) is 0.588. The first-order valence-electron chi connectivity index (χ1n) is 8.41. The van der Waals surface area contributed by atoms with Crippen LogP contribution in [0.2, 0.25) is 0 Å². The molecule has 1 heterocycles. The smallest absolute Gasteiger partial charge is 0.335 e. The topological polar surface area (TPSA) is 86.7 Å². The van der Waals surface area contributed by atoms with E-state index >= 15 is 0 Å². The molecule has 1 aromatic rings. The van der Waals surface area contributed by atoms with E-state index in [1.165, 1.54) is 12.1 Å². The zero-order chi connectivity index (χ0) is 17.7. The maximum atomic E-state index is 12.6. The molecule has 1 aliphatic rings. The number of carboxylic acid groups (broad SMARTS) is 1. The molecule has 134 valence electrons. The average molecular weight is 354 g/mol. The zero-order valence-electron chi connectivity index (χ0n) is 14.3. The van der Waals surface area contributed by atoms with Gasteiger partial charge in [0.1, 0.15) is 0 Å². The number of likely N-dealkylation sites (tertiary alicyclic amines) is 1. The molecule has 7 heteroatoms. The number of benzene rings is 1. The molecule has 0 unspecified atom stereocenters. The van der Waals surface area contributed by atoms with Crippen LogP contribution in [0.25, 0.3) is 0 Å². The van der Waals surface area contributed by atoms with Crippen LogP contribution in [-0.2, 0) is 16.4 Å². The number of sulfonamides is 1. The summed E-state index contributed by atoms with van der Waals surface area (Å²) in [7, 11) is -3.71. The lowest BCUT2D eigenvalue weighted by Crippen LogP contribution is -2.39. The van der Waals surface area contributed by atoms with Crippen molar-refractivity contribution in [2.24, 2.45) is 5.92 Å². The first kappa shape index (κ1) is 18.9. The molecule has 0 amide bonds. The first-order chi connectivity index (χ1) is 11.3. The molecule has 2 rings (SSSR count). The second-order valence-corrected chi connectivity index (χ2v) is 8.14. The van der Waals surface area contributed by atoms with Crippen molar-refractivity contribution in [1.82, 2.24) is 9.62 Å². The van der Waals surface area contributed by atoms with Gasteiger partial charge >= 0.3 is 5.97 Å². The van der Waals surface area contributed by atoms with Gasteiger partial charge in [-0.3, -0.25) is 0 Å². The lowest BCUT2D eigenvalue weighted by atomic mass is 9.99. The minimum atomic E-state index is -3.71. The van der Waals surface area contributed by atoms with E-state index in [4.69, 9.17) is 5.11 Å². The standard InChI is InChI=1S/C17H26N2O4S/c1-3-14-4-5-15(17(20)21)12-16(14)24(22,23)18-8-11-19-9-6-13(2)7-10-19/h4-5,12-13,18H,3,6-11H2,1-2H3,(H,20,21). The summed E-state index contributed by atoms with van der Waals surface area (Å²) in [6.07, 6.45) is 2.82. The van der Waals surface area contributed by atoms with Crippen molar-refractivity contribution < 1.29 is 18.3 Å². The minimum Gasteiger partial charge on any atom is -0.478 e. The number of carbonyl (C=O) groups is 1. The summed E-state index contributed by atoms with van der Waals surface area (Å²) in [6, 6.07) is 4.26. The molecule has 0 atom stereocenters. The summed E-state index contributed by atoms with van der Waals surface area (Å²) in [6.45, 7) is 7.09. The van der Waals surface area contributed by atoms with Gasteiger partial charge < -0.3 is 10.0 Å². The summed E-state index contributed by atoms with van der Waals surface area (Å²) < 4.78 is 27.7. The molecule has 1 aromatic carbocycles. The van der Waals surface area contributed by atoms with Gasteiger partial charge in [0.25, 0.3) is 0 Å². The molecule has 6 nitrogen and oxygen atoms in total. The quantitative estimate of drug-likeness (QED) is 0.782. The number of aromatic carboxylic acids is 1. The zero-order valence-corrected chi connectivity index (χ0v) is 15.1. The Labute approximate surface area is 143 Å². The molecule has 1 saturated heterocycles. The van der Waals surface area contributed by atoms with Crippen LogP contribution >= 0.6 is 0 Å². The Morgan fingerprint density at radius 3 is 2.58 bits per heavy atom. The number of hydrogen-bond acceptors (Lipinski definition) is 4. The molecule has 0 bridgehead atoms. The number of piperidine rings is 1. The summed E-state index contributed by atoms with van der Waals surface area (Å²) in [4.78, 5) is 13.4. The van der Waals surface area contributed by atoms with Crippen molar-refractivity contribution >= 4 is 16.0 Å². The maximum absolute atomic E-state index is 12.6. The average Bonchev–Trinajstić information content (AvgIpc) is 2.56. The lowest BCUT2D eigenvalue weighted by Gasteiger charge is -2.30. The fourth-order valence-corrected chi connectivity index (χ4v) is 4.29. The Morgan fingerprint density at radius 1 is 1.33 bits per heavy atom. The molecule has 2 N–H and O–H groups in total. The van der Waals surface area contributed by atoms with E-state index in [9.17, 15) is 13.2 Å². The molecule has 0 aromatic heterocycles. The van der Waals surface area contributed by atoms with E-state index in [-0.39, 0.29) is 10.5 Å². The van der Waals surface area contributed by atoms with Gasteiger partial charge in [-0.1, -0.05) is 19.9 Å². The molecule has 0 radical (unpaired) electrons. The van der Waals surface area contributed by atoms with Crippen LogP contribution in [0, 0.1) is 5.92 Å². The monoisotopic (exact) mass is 354 g/mol. The molecule has 1 fully saturated rings. The maximum Gasteiger partial charge on any atom is 0.335 e. The number of nitrogens with zero attached hydrogens (tertiary/aromatic N) is 1. The lowest BCUT2D eigenvalue weighted by molar-refractivity contribution is 0.0696. The van der Waals surface area contributed by atoms with Crippen LogP contribution in [0.4, 0.5) is 0 Å². The highest BCUT2D eigenvalue weighted by atomic mass is 32.2. The van der Waals surface area contributed by atoms with Gasteiger partial charge in [-0.05, 0) is 56.0 Å². The molecule has 1 aliphatic heterocycles. The van der Waals surface area contributed by atoms with Crippen LogP contribution < -0.4 is 4.72 Å². The number of carboxylic acids is 1. The van der Waals surface area contributed by atoms with Gasteiger partial charge in [0, 0.05) is 13.1 Å². The SMILES string of the molecule is CCc1ccc(C(=O)O)cc1S(=O)(=O)NCCN1CCC(C)CC1. The summed E-state index contributed by atoms with van der Waals surface area (Å²) in [5, 5.41) is 9.08. The number of hydrogen-bond donors (Lipinski definition) is 2. The van der Waals surface area contributed by atoms with Crippen molar-refractivity contribution in [1.29, 1.82) is 0 Å². The van der Waals surface area contributed by atoms with Crippen molar-refractivity contribution in [2.45, 2.75) is 38.0 Å². The van der Waals surface area contributed by atoms with Crippen LogP contribution in [-0.4, -0.2) is 50.6 Å². The van der Waals surface area contributed by atoms with Crippen molar-refractivity contribution in [3.05, 3.63) is 29.3 Å². The van der Waals surface area contributed by atoms with E-state index in [1.54, 1.807) is 6.07 Å². The molecule has 0 spiro atoms. The Hall–Kier alpha value is -1.44. The van der Waals surface area contributed by atoms with Gasteiger partial charge in [0.05, 0.1) is 10.5 Å². The van der Waals surface area contributed by atoms with Crippen molar-refractivity contribution in [3.63, 3.8) is 0 Å². The van der Waals surface area contributed by atoms with Gasteiger partial charge in [-0.15, -0.1) is 0 Å². The first-order valence-corrected chi connectivity index (χ1v) is 9.90. The van der Waals surface area contributed by atoms with Gasteiger partial charge in [-0.25, -0.2) is 17.9 Å². The minimum absolute atomic E-state index is 0.0161. The van der Waals surface area contributed by atoms with E-state index in [0.717, 1.165) is 31.8 Å². The second-order valence-electron chi connectivity index (χ2n) is 6.40. The highest BCUT2D eigenvalue weighted by Gasteiger charge is 2.21. The molecule has 24 heavy (non-hydrogen) atoms.